The fourth-order valence-electron chi connectivity index (χ4n) is 1.35. The van der Waals surface area contributed by atoms with E-state index >= 15 is 0 Å². The molecule has 1 nitrogen and oxygen atoms in total. The minimum atomic E-state index is -4.72. The van der Waals surface area contributed by atoms with E-state index in [4.69, 9.17) is 0 Å². The van der Waals surface area contributed by atoms with Gasteiger partial charge in [-0.2, -0.15) is 0 Å². The summed E-state index contributed by atoms with van der Waals surface area (Å²) in [5.74, 6) is 0. The van der Waals surface area contributed by atoms with E-state index in [9.17, 15) is 17.5 Å². The summed E-state index contributed by atoms with van der Waals surface area (Å²) in [6.45, 7) is -1.44. The van der Waals surface area contributed by atoms with Crippen molar-refractivity contribution in [1.82, 2.24) is 0 Å². The van der Waals surface area contributed by atoms with Gasteiger partial charge in [-0.3, -0.25) is 0 Å². The summed E-state index contributed by atoms with van der Waals surface area (Å²) in [6, 6.07) is 6.55. The van der Waals surface area contributed by atoms with E-state index in [0.29, 0.717) is 10.9 Å². The van der Waals surface area contributed by atoms with Crippen molar-refractivity contribution in [2.24, 2.45) is 0 Å². The molecule has 0 aromatic heterocycles. The van der Waals surface area contributed by atoms with Gasteiger partial charge in [0.05, 0.1) is 0 Å². The Labute approximate surface area is 142 Å². The predicted molar refractivity (Wildman–Crippen MR) is 63.1 cm³/mol. The quantitative estimate of drug-likeness (QED) is 0.576. The van der Waals surface area contributed by atoms with Crippen LogP contribution >= 0.6 is 7.14 Å². The van der Waals surface area contributed by atoms with Crippen molar-refractivity contribution >= 4 is 19.4 Å². The van der Waals surface area contributed by atoms with Crippen LogP contribution in [0, 0.1) is 0 Å². The van der Waals surface area contributed by atoms with Gasteiger partial charge in [0.25, 0.3) is 0 Å². The Hall–Kier alpha value is 0.941. The fraction of sp³-hybridized carbons (Fsp3) is 0.400. The van der Waals surface area contributed by atoms with Crippen molar-refractivity contribution in [2.75, 3.05) is 13.3 Å². The molecular weight excluding hydrogens is 274 g/mol. The Kier molecular flexibility index (Phi) is 7.30. The molecule has 0 bridgehead atoms. The zero-order valence-electron chi connectivity index (χ0n) is 10.3. The summed E-state index contributed by atoms with van der Waals surface area (Å²) in [7, 11) is -2.31. The van der Waals surface area contributed by atoms with E-state index in [-0.39, 0.29) is 57.8 Å². The van der Waals surface area contributed by atoms with Crippen LogP contribution in [0.2, 0.25) is 6.32 Å². The molecular formula is C10H14BF3KOP. The maximum absolute atomic E-state index is 12.0. The number of hydrogen-bond acceptors (Lipinski definition) is 1. The zero-order chi connectivity index (χ0) is 12.4. The zero-order valence-corrected chi connectivity index (χ0v) is 14.3. The predicted octanol–water partition coefficient (Wildman–Crippen LogP) is 0.328. The number of aryl methyl sites for hydroxylation is 1. The maximum Gasteiger partial charge on any atom is 1.00 e. The minimum absolute atomic E-state index is 0. The van der Waals surface area contributed by atoms with Gasteiger partial charge in [0.15, 0.2) is 0 Å². The number of rotatable bonds is 4. The summed E-state index contributed by atoms with van der Waals surface area (Å²) in [5.41, 5.74) is 0.636. The van der Waals surface area contributed by atoms with Gasteiger partial charge in [-0.05, 0) is 13.3 Å². The van der Waals surface area contributed by atoms with Crippen molar-refractivity contribution < 1.29 is 68.9 Å². The second-order valence-corrected chi connectivity index (χ2v) is 7.48. The molecule has 7 heteroatoms. The molecule has 0 fully saturated rings. The maximum atomic E-state index is 12.0. The Bertz CT molecular complexity index is 399. The average Bonchev–Trinajstić information content (AvgIpc) is 2.13. The van der Waals surface area contributed by atoms with Crippen molar-refractivity contribution in [2.45, 2.75) is 12.7 Å². The number of halogens is 3. The smallest absolute Gasteiger partial charge is 0.449 e. The summed E-state index contributed by atoms with van der Waals surface area (Å²) in [6.07, 6.45) is -0.753. The molecule has 0 aliphatic rings. The first-order chi connectivity index (χ1) is 7.18. The van der Waals surface area contributed by atoms with Crippen LogP contribution in [0.25, 0.3) is 0 Å². The van der Waals surface area contributed by atoms with Crippen LogP contribution in [0.5, 0.6) is 0 Å². The van der Waals surface area contributed by atoms with Crippen molar-refractivity contribution in [3.8, 4) is 0 Å². The van der Waals surface area contributed by atoms with Crippen LogP contribution in [-0.2, 0) is 11.0 Å². The molecule has 0 atom stereocenters. The third-order valence-electron chi connectivity index (χ3n) is 2.32. The first-order valence-corrected chi connectivity index (χ1v) is 7.64. The van der Waals surface area contributed by atoms with Crippen molar-refractivity contribution in [3.63, 3.8) is 0 Å². The second kappa shape index (κ2) is 6.92. The third-order valence-corrected chi connectivity index (χ3v) is 3.86. The monoisotopic (exact) mass is 288 g/mol. The van der Waals surface area contributed by atoms with Crippen LogP contribution in [-0.4, -0.2) is 20.3 Å². The van der Waals surface area contributed by atoms with Gasteiger partial charge in [0.1, 0.15) is 7.14 Å². The molecule has 0 radical (unpaired) electrons. The molecule has 0 heterocycles. The van der Waals surface area contributed by atoms with Crippen LogP contribution in [0.15, 0.2) is 24.3 Å². The van der Waals surface area contributed by atoms with Gasteiger partial charge in [-0.25, -0.2) is 0 Å². The van der Waals surface area contributed by atoms with Crippen LogP contribution < -0.4 is 56.7 Å². The summed E-state index contributed by atoms with van der Waals surface area (Å²) in [4.78, 5) is 0. The van der Waals surface area contributed by atoms with Gasteiger partial charge in [-0.15, -0.1) is 0 Å². The van der Waals surface area contributed by atoms with E-state index in [2.05, 4.69) is 0 Å². The third kappa shape index (κ3) is 7.19. The Balaban J connectivity index is 0.00000256. The second-order valence-electron chi connectivity index (χ2n) is 4.27. The van der Waals surface area contributed by atoms with E-state index < -0.39 is 20.4 Å². The molecule has 0 saturated heterocycles. The normalized spacial score (nSPS) is 12.1. The molecule has 0 aliphatic heterocycles. The topological polar surface area (TPSA) is 17.1 Å². The SMILES string of the molecule is CP(C)(=O)c1ccc(CC[B-](F)(F)F)cc1.[K+]. The van der Waals surface area contributed by atoms with Gasteiger partial charge < -0.3 is 17.5 Å². The summed E-state index contributed by atoms with van der Waals surface area (Å²) in [5, 5.41) is 0.703. The first-order valence-electron chi connectivity index (χ1n) is 5.04. The Morgan fingerprint density at radius 3 is 1.94 bits per heavy atom. The van der Waals surface area contributed by atoms with E-state index in [1.54, 1.807) is 37.6 Å². The largest absolute Gasteiger partial charge is 1.00 e. The van der Waals surface area contributed by atoms with Gasteiger partial charge in [-0.1, -0.05) is 42.6 Å². The molecule has 1 rings (SSSR count). The molecule has 1 aromatic rings. The summed E-state index contributed by atoms with van der Waals surface area (Å²) >= 11 is 0. The molecule has 17 heavy (non-hydrogen) atoms. The molecule has 0 aliphatic carbocycles. The molecule has 0 unspecified atom stereocenters. The molecule has 0 spiro atoms. The van der Waals surface area contributed by atoms with E-state index in [1.807, 2.05) is 0 Å². The number of hydrogen-bond donors (Lipinski definition) is 0. The van der Waals surface area contributed by atoms with Crippen LogP contribution in [0.3, 0.4) is 0 Å². The van der Waals surface area contributed by atoms with Crippen molar-refractivity contribution in [3.05, 3.63) is 29.8 Å². The summed E-state index contributed by atoms with van der Waals surface area (Å²) < 4.78 is 47.8. The Morgan fingerprint density at radius 1 is 1.12 bits per heavy atom. The minimum Gasteiger partial charge on any atom is -0.449 e. The van der Waals surface area contributed by atoms with E-state index in [1.165, 1.54) is 0 Å². The van der Waals surface area contributed by atoms with E-state index in [0.717, 1.165) is 0 Å². The van der Waals surface area contributed by atoms with Crippen molar-refractivity contribution in [1.29, 1.82) is 0 Å². The standard InChI is InChI=1S/C10H14BF3OP.K/c1-16(2,15)10-5-3-9(4-6-10)7-8-11(12,13)14;/h3-6H,7-8H2,1-2H3;/q-1;+1. The molecule has 1 aromatic carbocycles. The van der Waals surface area contributed by atoms with Crippen LogP contribution in [0.1, 0.15) is 5.56 Å². The molecule has 0 N–H and O–H groups in total. The fourth-order valence-corrected chi connectivity index (χ4v) is 2.22. The van der Waals surface area contributed by atoms with Gasteiger partial charge >= 0.3 is 58.4 Å². The first kappa shape index (κ1) is 17.9. The van der Waals surface area contributed by atoms with Gasteiger partial charge in [0, 0.05) is 5.30 Å². The van der Waals surface area contributed by atoms with Crippen LogP contribution in [0.4, 0.5) is 12.9 Å². The molecule has 0 amide bonds. The Morgan fingerprint density at radius 2 is 1.59 bits per heavy atom. The van der Waals surface area contributed by atoms with Gasteiger partial charge in [0.2, 0.25) is 0 Å². The molecule has 0 saturated carbocycles. The average molecular weight is 288 g/mol. The molecule has 90 valence electrons. The number of benzene rings is 1.